The number of anilines is 1. The summed E-state index contributed by atoms with van der Waals surface area (Å²) in [6.07, 6.45) is 1.99. The first-order valence-corrected chi connectivity index (χ1v) is 8.28. The van der Waals surface area contributed by atoms with Gasteiger partial charge in [0.2, 0.25) is 0 Å². The average Bonchev–Trinajstić information content (AvgIpc) is 2.52. The van der Waals surface area contributed by atoms with Crippen LogP contribution < -0.4 is 5.32 Å². The van der Waals surface area contributed by atoms with Crippen molar-refractivity contribution in [1.82, 2.24) is 0 Å². The number of nitriles is 1. The fraction of sp³-hybridized carbons (Fsp3) is 0.278. The van der Waals surface area contributed by atoms with Crippen LogP contribution in [-0.2, 0) is 6.54 Å². The molecule has 0 saturated heterocycles. The molecule has 2 nitrogen and oxygen atoms in total. The highest BCUT2D eigenvalue weighted by Gasteiger charge is 2.07. The Labute approximate surface area is 131 Å². The number of thioether (sulfide) groups is 1. The number of nitrogens with zero attached hydrogens (tertiary/aromatic N) is 1. The molecule has 0 aromatic heterocycles. The standard InChI is InChI=1S/C18H20N2S/c1-13(2)15-9-7-14(8-10-15)12-20-17-5-4-6-18(21-3)16(17)11-19/h4-10,13,20H,12H2,1-3H3. The number of hydrogen-bond acceptors (Lipinski definition) is 3. The number of nitrogens with one attached hydrogen (secondary N) is 1. The largest absolute Gasteiger partial charge is 0.380 e. The molecule has 0 aliphatic heterocycles. The van der Waals surface area contributed by atoms with Gasteiger partial charge in [-0.15, -0.1) is 11.8 Å². The maximum atomic E-state index is 9.32. The molecule has 0 unspecified atom stereocenters. The molecule has 0 spiro atoms. The van der Waals surface area contributed by atoms with Crippen molar-refractivity contribution < 1.29 is 0 Å². The van der Waals surface area contributed by atoms with Crippen LogP contribution >= 0.6 is 11.8 Å². The molecule has 1 N–H and O–H groups in total. The summed E-state index contributed by atoms with van der Waals surface area (Å²) >= 11 is 1.60. The Bertz CT molecular complexity index is 639. The van der Waals surface area contributed by atoms with Gasteiger partial charge in [-0.25, -0.2) is 0 Å². The number of benzene rings is 2. The smallest absolute Gasteiger partial charge is 0.102 e. The van der Waals surface area contributed by atoms with Crippen molar-refractivity contribution in [3.63, 3.8) is 0 Å². The van der Waals surface area contributed by atoms with Gasteiger partial charge in [-0.1, -0.05) is 44.2 Å². The third-order valence-electron chi connectivity index (χ3n) is 3.49. The van der Waals surface area contributed by atoms with Crippen LogP contribution in [0, 0.1) is 11.3 Å². The van der Waals surface area contributed by atoms with E-state index in [0.29, 0.717) is 5.92 Å². The van der Waals surface area contributed by atoms with E-state index in [9.17, 15) is 5.26 Å². The highest BCUT2D eigenvalue weighted by molar-refractivity contribution is 7.98. The summed E-state index contributed by atoms with van der Waals surface area (Å²) in [6, 6.07) is 16.8. The molecule has 0 aliphatic rings. The van der Waals surface area contributed by atoms with E-state index in [1.54, 1.807) is 11.8 Å². The van der Waals surface area contributed by atoms with Gasteiger partial charge in [0.05, 0.1) is 11.3 Å². The zero-order chi connectivity index (χ0) is 15.2. The molecule has 108 valence electrons. The van der Waals surface area contributed by atoms with E-state index in [1.165, 1.54) is 11.1 Å². The molecule has 2 rings (SSSR count). The summed E-state index contributed by atoms with van der Waals surface area (Å²) in [5, 5.41) is 12.7. The minimum absolute atomic E-state index is 0.551. The van der Waals surface area contributed by atoms with E-state index >= 15 is 0 Å². The van der Waals surface area contributed by atoms with E-state index in [-0.39, 0.29) is 0 Å². The van der Waals surface area contributed by atoms with Crippen molar-refractivity contribution >= 4 is 17.4 Å². The van der Waals surface area contributed by atoms with Crippen molar-refractivity contribution in [2.45, 2.75) is 31.2 Å². The molecule has 3 heteroatoms. The van der Waals surface area contributed by atoms with Crippen LogP contribution in [0.5, 0.6) is 0 Å². The van der Waals surface area contributed by atoms with Gasteiger partial charge in [-0.2, -0.15) is 5.26 Å². The maximum Gasteiger partial charge on any atom is 0.102 e. The number of rotatable bonds is 5. The lowest BCUT2D eigenvalue weighted by molar-refractivity contribution is 0.865. The monoisotopic (exact) mass is 296 g/mol. The van der Waals surface area contributed by atoms with E-state index in [1.807, 2.05) is 24.5 Å². The second-order valence-corrected chi connectivity index (χ2v) is 6.09. The zero-order valence-electron chi connectivity index (χ0n) is 12.7. The lowest BCUT2D eigenvalue weighted by atomic mass is 10.0. The van der Waals surface area contributed by atoms with Crippen molar-refractivity contribution in [1.29, 1.82) is 5.26 Å². The van der Waals surface area contributed by atoms with Crippen LogP contribution in [0.2, 0.25) is 0 Å². The van der Waals surface area contributed by atoms with Crippen LogP contribution in [0.25, 0.3) is 0 Å². The van der Waals surface area contributed by atoms with Crippen LogP contribution in [-0.4, -0.2) is 6.26 Å². The fourth-order valence-corrected chi connectivity index (χ4v) is 2.76. The molecule has 0 amide bonds. The lowest BCUT2D eigenvalue weighted by Gasteiger charge is -2.11. The average molecular weight is 296 g/mol. The van der Waals surface area contributed by atoms with Gasteiger partial charge >= 0.3 is 0 Å². The van der Waals surface area contributed by atoms with Crippen molar-refractivity contribution in [2.75, 3.05) is 11.6 Å². The van der Waals surface area contributed by atoms with Gasteiger partial charge in [0, 0.05) is 11.4 Å². The normalized spacial score (nSPS) is 10.4. The van der Waals surface area contributed by atoms with Gasteiger partial charge in [-0.3, -0.25) is 0 Å². The summed E-state index contributed by atoms with van der Waals surface area (Å²) < 4.78 is 0. The first kappa shape index (κ1) is 15.5. The van der Waals surface area contributed by atoms with E-state index in [4.69, 9.17) is 0 Å². The highest BCUT2D eigenvalue weighted by atomic mass is 32.2. The van der Waals surface area contributed by atoms with Crippen LogP contribution in [0.3, 0.4) is 0 Å². The predicted octanol–water partition coefficient (Wildman–Crippen LogP) is 5.02. The van der Waals surface area contributed by atoms with E-state index in [0.717, 1.165) is 22.7 Å². The molecular formula is C18H20N2S. The van der Waals surface area contributed by atoms with Crippen LogP contribution in [0.4, 0.5) is 5.69 Å². The Kier molecular flexibility index (Phi) is 5.30. The topological polar surface area (TPSA) is 35.8 Å². The summed E-state index contributed by atoms with van der Waals surface area (Å²) in [6.45, 7) is 5.12. The molecule has 0 fully saturated rings. The summed E-state index contributed by atoms with van der Waals surface area (Å²) in [5.41, 5.74) is 4.19. The summed E-state index contributed by atoms with van der Waals surface area (Å²) in [4.78, 5) is 1.01. The fourth-order valence-electron chi connectivity index (χ4n) is 2.18. The molecule has 0 atom stereocenters. The third-order valence-corrected chi connectivity index (χ3v) is 4.27. The first-order chi connectivity index (χ1) is 10.2. The molecule has 0 aliphatic carbocycles. The predicted molar refractivity (Wildman–Crippen MR) is 90.8 cm³/mol. The molecule has 2 aromatic carbocycles. The minimum Gasteiger partial charge on any atom is -0.380 e. The van der Waals surface area contributed by atoms with Crippen molar-refractivity contribution in [3.8, 4) is 6.07 Å². The summed E-state index contributed by atoms with van der Waals surface area (Å²) in [7, 11) is 0. The Hall–Kier alpha value is -1.92. The highest BCUT2D eigenvalue weighted by Crippen LogP contribution is 2.26. The Morgan fingerprint density at radius 3 is 2.43 bits per heavy atom. The van der Waals surface area contributed by atoms with E-state index in [2.05, 4.69) is 49.5 Å². The lowest BCUT2D eigenvalue weighted by Crippen LogP contribution is -2.02. The quantitative estimate of drug-likeness (QED) is 0.787. The Balaban J connectivity index is 2.11. The molecule has 0 bridgehead atoms. The minimum atomic E-state index is 0.551. The summed E-state index contributed by atoms with van der Waals surface area (Å²) in [5.74, 6) is 0.551. The van der Waals surface area contributed by atoms with Gasteiger partial charge in [0.25, 0.3) is 0 Å². The van der Waals surface area contributed by atoms with Gasteiger partial charge < -0.3 is 5.32 Å². The zero-order valence-corrected chi connectivity index (χ0v) is 13.5. The molecule has 21 heavy (non-hydrogen) atoms. The molecule has 2 aromatic rings. The SMILES string of the molecule is CSc1cccc(NCc2ccc(C(C)C)cc2)c1C#N. The second kappa shape index (κ2) is 7.19. The van der Waals surface area contributed by atoms with Gasteiger partial charge in [0.15, 0.2) is 0 Å². The van der Waals surface area contributed by atoms with Gasteiger partial charge in [0.1, 0.15) is 6.07 Å². The third kappa shape index (κ3) is 3.80. The van der Waals surface area contributed by atoms with Crippen molar-refractivity contribution in [3.05, 3.63) is 59.2 Å². The molecular weight excluding hydrogens is 276 g/mol. The Morgan fingerprint density at radius 2 is 1.86 bits per heavy atom. The first-order valence-electron chi connectivity index (χ1n) is 7.05. The van der Waals surface area contributed by atoms with Crippen molar-refractivity contribution in [2.24, 2.45) is 0 Å². The molecule has 0 heterocycles. The van der Waals surface area contributed by atoms with Crippen LogP contribution in [0.1, 0.15) is 36.5 Å². The van der Waals surface area contributed by atoms with Crippen LogP contribution in [0.15, 0.2) is 47.4 Å². The molecule has 0 saturated carbocycles. The number of hydrogen-bond donors (Lipinski definition) is 1. The van der Waals surface area contributed by atoms with Gasteiger partial charge in [-0.05, 0) is 35.4 Å². The van der Waals surface area contributed by atoms with E-state index < -0.39 is 0 Å². The Morgan fingerprint density at radius 1 is 1.14 bits per heavy atom. The maximum absolute atomic E-state index is 9.32. The molecule has 0 radical (unpaired) electrons. The second-order valence-electron chi connectivity index (χ2n) is 5.24.